The van der Waals surface area contributed by atoms with Crippen molar-refractivity contribution < 1.29 is 14.3 Å². The summed E-state index contributed by atoms with van der Waals surface area (Å²) in [6, 6.07) is -0.226. The fourth-order valence-corrected chi connectivity index (χ4v) is 2.10. The van der Waals surface area contributed by atoms with Crippen molar-refractivity contribution in [2.75, 3.05) is 20.3 Å². The molecule has 0 aromatic rings. The number of carbonyl (C=O) groups excluding carboxylic acids is 1. The number of hydrogen-bond acceptors (Lipinski definition) is 4. The Balaban J connectivity index is 2.18. The van der Waals surface area contributed by atoms with Crippen molar-refractivity contribution in [3.05, 3.63) is 0 Å². The maximum absolute atomic E-state index is 11.4. The minimum atomic E-state index is -0.226. The van der Waals surface area contributed by atoms with Crippen molar-refractivity contribution in [1.82, 2.24) is 5.32 Å². The van der Waals surface area contributed by atoms with Crippen molar-refractivity contribution in [2.24, 2.45) is 0 Å². The highest BCUT2D eigenvalue weighted by Gasteiger charge is 2.19. The fourth-order valence-electron chi connectivity index (χ4n) is 2.10. The third-order valence-corrected chi connectivity index (χ3v) is 3.00. The SMILES string of the molecule is CCNC(CCOC1CCCC1)C(=O)OC. The topological polar surface area (TPSA) is 47.6 Å². The Kier molecular flexibility index (Phi) is 6.42. The van der Waals surface area contributed by atoms with Crippen molar-refractivity contribution in [1.29, 1.82) is 0 Å². The predicted octanol–water partition coefficient (Wildman–Crippen LogP) is 1.49. The highest BCUT2D eigenvalue weighted by Crippen LogP contribution is 2.21. The van der Waals surface area contributed by atoms with Gasteiger partial charge in [0.05, 0.1) is 13.2 Å². The highest BCUT2D eigenvalue weighted by atomic mass is 16.5. The molecule has 16 heavy (non-hydrogen) atoms. The van der Waals surface area contributed by atoms with Gasteiger partial charge in [0, 0.05) is 6.61 Å². The lowest BCUT2D eigenvalue weighted by Crippen LogP contribution is -2.38. The molecule has 0 saturated heterocycles. The predicted molar refractivity (Wildman–Crippen MR) is 62.3 cm³/mol. The van der Waals surface area contributed by atoms with Gasteiger partial charge >= 0.3 is 5.97 Å². The van der Waals surface area contributed by atoms with E-state index in [0.29, 0.717) is 19.1 Å². The van der Waals surface area contributed by atoms with Gasteiger partial charge < -0.3 is 14.8 Å². The molecule has 0 aromatic carbocycles. The zero-order valence-electron chi connectivity index (χ0n) is 10.3. The van der Waals surface area contributed by atoms with Crippen molar-refractivity contribution in [2.45, 2.75) is 51.2 Å². The third kappa shape index (κ3) is 4.49. The summed E-state index contributed by atoms with van der Waals surface area (Å²) in [5, 5.41) is 3.10. The summed E-state index contributed by atoms with van der Waals surface area (Å²) >= 11 is 0. The second-order valence-electron chi connectivity index (χ2n) is 4.20. The van der Waals surface area contributed by atoms with Crippen LogP contribution in [0.5, 0.6) is 0 Å². The van der Waals surface area contributed by atoms with Gasteiger partial charge in [-0.25, -0.2) is 0 Å². The summed E-state index contributed by atoms with van der Waals surface area (Å²) in [5.74, 6) is -0.197. The van der Waals surface area contributed by atoms with Gasteiger partial charge in [0.25, 0.3) is 0 Å². The smallest absolute Gasteiger partial charge is 0.322 e. The van der Waals surface area contributed by atoms with Crippen LogP contribution in [0, 0.1) is 0 Å². The Hall–Kier alpha value is -0.610. The molecule has 0 amide bonds. The van der Waals surface area contributed by atoms with E-state index in [4.69, 9.17) is 9.47 Å². The molecular weight excluding hydrogens is 206 g/mol. The first-order valence-corrected chi connectivity index (χ1v) is 6.20. The molecule has 1 fully saturated rings. The van der Waals surface area contributed by atoms with Gasteiger partial charge in [0.2, 0.25) is 0 Å². The first-order valence-electron chi connectivity index (χ1n) is 6.20. The summed E-state index contributed by atoms with van der Waals surface area (Å²) < 4.78 is 10.5. The zero-order valence-corrected chi connectivity index (χ0v) is 10.3. The van der Waals surface area contributed by atoms with E-state index in [-0.39, 0.29) is 12.0 Å². The van der Waals surface area contributed by atoms with E-state index in [1.54, 1.807) is 0 Å². The Morgan fingerprint density at radius 1 is 1.44 bits per heavy atom. The maximum Gasteiger partial charge on any atom is 0.322 e. The molecule has 1 atom stereocenters. The zero-order chi connectivity index (χ0) is 11.8. The van der Waals surface area contributed by atoms with Crippen LogP contribution in [-0.2, 0) is 14.3 Å². The highest BCUT2D eigenvalue weighted by molar-refractivity contribution is 5.75. The van der Waals surface area contributed by atoms with E-state index in [0.717, 1.165) is 6.54 Å². The first-order chi connectivity index (χ1) is 7.77. The molecule has 0 heterocycles. The van der Waals surface area contributed by atoms with Crippen LogP contribution >= 0.6 is 0 Å². The third-order valence-electron chi connectivity index (χ3n) is 3.00. The summed E-state index contributed by atoms with van der Waals surface area (Å²) in [6.45, 7) is 3.38. The van der Waals surface area contributed by atoms with E-state index in [1.807, 2.05) is 6.92 Å². The number of nitrogens with one attached hydrogen (secondary N) is 1. The lowest BCUT2D eigenvalue weighted by atomic mass is 10.2. The van der Waals surface area contributed by atoms with Gasteiger partial charge in [-0.15, -0.1) is 0 Å². The molecule has 1 aliphatic carbocycles. The maximum atomic E-state index is 11.4. The molecule has 1 rings (SSSR count). The molecule has 0 aliphatic heterocycles. The molecule has 1 unspecified atom stereocenters. The number of ether oxygens (including phenoxy) is 2. The fraction of sp³-hybridized carbons (Fsp3) is 0.917. The number of rotatable bonds is 7. The second kappa shape index (κ2) is 7.63. The summed E-state index contributed by atoms with van der Waals surface area (Å²) in [7, 11) is 1.42. The van der Waals surface area contributed by atoms with Crippen LogP contribution in [0.4, 0.5) is 0 Å². The Bertz CT molecular complexity index is 202. The summed E-state index contributed by atoms with van der Waals surface area (Å²) in [5.41, 5.74) is 0. The molecular formula is C12H23NO3. The summed E-state index contributed by atoms with van der Waals surface area (Å²) in [6.07, 6.45) is 6.00. The van der Waals surface area contributed by atoms with Crippen LogP contribution in [0.2, 0.25) is 0 Å². The lowest BCUT2D eigenvalue weighted by Gasteiger charge is -2.17. The standard InChI is InChI=1S/C12H23NO3/c1-3-13-11(12(14)15-2)8-9-16-10-6-4-5-7-10/h10-11,13H,3-9H2,1-2H3. The molecule has 0 radical (unpaired) electrons. The lowest BCUT2D eigenvalue weighted by molar-refractivity contribution is -0.143. The molecule has 1 saturated carbocycles. The van der Waals surface area contributed by atoms with Crippen LogP contribution in [0.1, 0.15) is 39.0 Å². The number of likely N-dealkylation sites (N-methyl/N-ethyl adjacent to an activating group) is 1. The van der Waals surface area contributed by atoms with Gasteiger partial charge in [-0.2, -0.15) is 0 Å². The number of hydrogen-bond donors (Lipinski definition) is 1. The molecule has 4 nitrogen and oxygen atoms in total. The minimum Gasteiger partial charge on any atom is -0.468 e. The van der Waals surface area contributed by atoms with Gasteiger partial charge in [-0.3, -0.25) is 4.79 Å². The van der Waals surface area contributed by atoms with Crippen LogP contribution in [0.25, 0.3) is 0 Å². The van der Waals surface area contributed by atoms with Gasteiger partial charge in [0.1, 0.15) is 6.04 Å². The number of methoxy groups -OCH3 is 1. The van der Waals surface area contributed by atoms with Crippen LogP contribution in [0.3, 0.4) is 0 Å². The molecule has 4 heteroatoms. The van der Waals surface area contributed by atoms with Gasteiger partial charge in [-0.05, 0) is 25.8 Å². The van der Waals surface area contributed by atoms with Crippen molar-refractivity contribution in [3.8, 4) is 0 Å². The summed E-state index contributed by atoms with van der Waals surface area (Å²) in [4.78, 5) is 11.4. The molecule has 0 spiro atoms. The van der Waals surface area contributed by atoms with E-state index in [1.165, 1.54) is 32.8 Å². The number of carbonyl (C=O) groups is 1. The van der Waals surface area contributed by atoms with Gasteiger partial charge in [0.15, 0.2) is 0 Å². The molecule has 0 aromatic heterocycles. The van der Waals surface area contributed by atoms with Crippen LogP contribution in [0.15, 0.2) is 0 Å². The first kappa shape index (κ1) is 13.5. The average molecular weight is 229 g/mol. The Morgan fingerprint density at radius 2 is 2.12 bits per heavy atom. The quantitative estimate of drug-likeness (QED) is 0.672. The van der Waals surface area contributed by atoms with Crippen LogP contribution < -0.4 is 5.32 Å². The van der Waals surface area contributed by atoms with Crippen molar-refractivity contribution >= 4 is 5.97 Å². The average Bonchev–Trinajstić information content (AvgIpc) is 2.80. The normalized spacial score (nSPS) is 18.6. The van der Waals surface area contributed by atoms with E-state index in [9.17, 15) is 4.79 Å². The van der Waals surface area contributed by atoms with Crippen molar-refractivity contribution in [3.63, 3.8) is 0 Å². The van der Waals surface area contributed by atoms with E-state index < -0.39 is 0 Å². The molecule has 94 valence electrons. The monoisotopic (exact) mass is 229 g/mol. The van der Waals surface area contributed by atoms with Gasteiger partial charge in [-0.1, -0.05) is 19.8 Å². The number of esters is 1. The molecule has 1 N–H and O–H groups in total. The van der Waals surface area contributed by atoms with E-state index in [2.05, 4.69) is 5.32 Å². The Labute approximate surface area is 97.7 Å². The minimum absolute atomic E-state index is 0.197. The second-order valence-corrected chi connectivity index (χ2v) is 4.20. The Morgan fingerprint density at radius 3 is 2.69 bits per heavy atom. The molecule has 0 bridgehead atoms. The largest absolute Gasteiger partial charge is 0.468 e. The molecule has 1 aliphatic rings. The van der Waals surface area contributed by atoms with Crippen LogP contribution in [-0.4, -0.2) is 38.4 Å². The van der Waals surface area contributed by atoms with E-state index >= 15 is 0 Å².